The Labute approximate surface area is 167 Å². The molecule has 5 nitrogen and oxygen atoms in total. The molecule has 3 rings (SSSR count). The normalized spacial score (nSPS) is 16.7. The highest BCUT2D eigenvalue weighted by molar-refractivity contribution is 5.99. The van der Waals surface area contributed by atoms with Gasteiger partial charge in [0.1, 0.15) is 0 Å². The highest BCUT2D eigenvalue weighted by Crippen LogP contribution is 2.26. The van der Waals surface area contributed by atoms with Gasteiger partial charge in [-0.1, -0.05) is 30.3 Å². The number of carbonyl (C=O) groups excluding carboxylic acids is 2. The highest BCUT2D eigenvalue weighted by atomic mass is 16.1. The number of piperidine rings is 1. The molecule has 1 aromatic carbocycles. The molecule has 0 bridgehead atoms. The summed E-state index contributed by atoms with van der Waals surface area (Å²) in [4.78, 5) is 27.0. The first-order valence-electron chi connectivity index (χ1n) is 10.1. The number of rotatable bonds is 6. The predicted molar refractivity (Wildman–Crippen MR) is 112 cm³/mol. The monoisotopic (exact) mass is 381 g/mol. The van der Waals surface area contributed by atoms with Crippen molar-refractivity contribution in [3.05, 3.63) is 58.9 Å². The molecular weight excluding hydrogens is 350 g/mol. The molecule has 1 amide bonds. The number of nitrogens with zero attached hydrogens (tertiary/aromatic N) is 2. The van der Waals surface area contributed by atoms with E-state index in [0.717, 1.165) is 42.9 Å². The second-order valence-electron chi connectivity index (χ2n) is 7.83. The molecule has 150 valence electrons. The van der Waals surface area contributed by atoms with E-state index < -0.39 is 0 Å². The Kier molecular flexibility index (Phi) is 6.35. The molecule has 2 aromatic rings. The van der Waals surface area contributed by atoms with Crippen LogP contribution in [0.15, 0.2) is 36.4 Å². The van der Waals surface area contributed by atoms with E-state index in [0.29, 0.717) is 6.54 Å². The number of aryl methyl sites for hydroxylation is 1. The molecule has 0 spiro atoms. The topological polar surface area (TPSA) is 54.3 Å². The molecule has 0 saturated carbocycles. The van der Waals surface area contributed by atoms with Crippen LogP contribution in [0.25, 0.3) is 0 Å². The molecule has 1 N–H and O–H groups in total. The SMILES string of the molecule is CNC(=O)C1CCN(CC(=O)c2cc(C)n(C(C)c3ccccc3)c2C)CC1. The Balaban J connectivity index is 1.69. The van der Waals surface area contributed by atoms with Crippen molar-refractivity contribution in [3.8, 4) is 0 Å². The van der Waals surface area contributed by atoms with Gasteiger partial charge >= 0.3 is 0 Å². The van der Waals surface area contributed by atoms with Crippen LogP contribution in [0.1, 0.15) is 53.1 Å². The van der Waals surface area contributed by atoms with Crippen LogP contribution in [0, 0.1) is 19.8 Å². The minimum absolute atomic E-state index is 0.0770. The average molecular weight is 382 g/mol. The zero-order valence-corrected chi connectivity index (χ0v) is 17.4. The third-order valence-corrected chi connectivity index (χ3v) is 6.03. The Morgan fingerprint density at radius 2 is 1.79 bits per heavy atom. The Morgan fingerprint density at radius 3 is 2.39 bits per heavy atom. The van der Waals surface area contributed by atoms with Gasteiger partial charge in [0.2, 0.25) is 5.91 Å². The number of hydrogen-bond acceptors (Lipinski definition) is 3. The Hall–Kier alpha value is -2.40. The first kappa shape index (κ1) is 20.3. The van der Waals surface area contributed by atoms with E-state index in [1.54, 1.807) is 7.05 Å². The first-order chi connectivity index (χ1) is 13.4. The van der Waals surface area contributed by atoms with Gasteiger partial charge in [0, 0.05) is 29.9 Å². The third-order valence-electron chi connectivity index (χ3n) is 6.03. The third kappa shape index (κ3) is 4.20. The van der Waals surface area contributed by atoms with Crippen molar-refractivity contribution in [1.29, 1.82) is 0 Å². The molecule has 5 heteroatoms. The zero-order chi connectivity index (χ0) is 20.3. The number of benzene rings is 1. The fourth-order valence-electron chi connectivity index (χ4n) is 4.38. The number of Topliss-reactive ketones (excluding diaryl/α,β-unsaturated/α-hetero) is 1. The van der Waals surface area contributed by atoms with Gasteiger partial charge in [-0.3, -0.25) is 14.5 Å². The smallest absolute Gasteiger partial charge is 0.222 e. The summed E-state index contributed by atoms with van der Waals surface area (Å²) < 4.78 is 2.25. The lowest BCUT2D eigenvalue weighted by atomic mass is 9.95. The maximum atomic E-state index is 13.0. The van der Waals surface area contributed by atoms with E-state index in [9.17, 15) is 9.59 Å². The van der Waals surface area contributed by atoms with Crippen LogP contribution in [0.3, 0.4) is 0 Å². The lowest BCUT2D eigenvalue weighted by Gasteiger charge is -2.30. The van der Waals surface area contributed by atoms with Crippen LogP contribution in [0.2, 0.25) is 0 Å². The number of likely N-dealkylation sites (tertiary alicyclic amines) is 1. The summed E-state index contributed by atoms with van der Waals surface area (Å²) in [6.07, 6.45) is 1.63. The van der Waals surface area contributed by atoms with Crippen molar-refractivity contribution >= 4 is 11.7 Å². The summed E-state index contributed by atoms with van der Waals surface area (Å²) in [6, 6.07) is 12.6. The number of hydrogen-bond donors (Lipinski definition) is 1. The van der Waals surface area contributed by atoms with Gasteiger partial charge in [-0.2, -0.15) is 0 Å². The van der Waals surface area contributed by atoms with E-state index >= 15 is 0 Å². The number of nitrogens with one attached hydrogen (secondary N) is 1. The molecule has 1 atom stereocenters. The largest absolute Gasteiger partial charge is 0.359 e. The van der Waals surface area contributed by atoms with E-state index in [2.05, 4.69) is 52.9 Å². The van der Waals surface area contributed by atoms with Gasteiger partial charge < -0.3 is 9.88 Å². The van der Waals surface area contributed by atoms with Crippen LogP contribution in [-0.4, -0.2) is 47.8 Å². The first-order valence-corrected chi connectivity index (χ1v) is 10.1. The molecule has 28 heavy (non-hydrogen) atoms. The molecule has 1 fully saturated rings. The van der Waals surface area contributed by atoms with Crippen LogP contribution in [-0.2, 0) is 4.79 Å². The number of carbonyl (C=O) groups is 2. The van der Waals surface area contributed by atoms with E-state index in [1.165, 1.54) is 5.56 Å². The second-order valence-corrected chi connectivity index (χ2v) is 7.83. The molecule has 1 aromatic heterocycles. The minimum atomic E-state index is 0.0770. The van der Waals surface area contributed by atoms with E-state index in [1.807, 2.05) is 19.1 Å². The lowest BCUT2D eigenvalue weighted by Crippen LogP contribution is -2.41. The van der Waals surface area contributed by atoms with Crippen molar-refractivity contribution in [1.82, 2.24) is 14.8 Å². The van der Waals surface area contributed by atoms with Gasteiger partial charge in [0.15, 0.2) is 5.78 Å². The molecular formula is C23H31N3O2. The lowest BCUT2D eigenvalue weighted by molar-refractivity contribution is -0.125. The Morgan fingerprint density at radius 1 is 1.14 bits per heavy atom. The van der Waals surface area contributed by atoms with Crippen molar-refractivity contribution in [2.45, 2.75) is 39.7 Å². The van der Waals surface area contributed by atoms with Gasteiger partial charge in [-0.05, 0) is 58.3 Å². The van der Waals surface area contributed by atoms with Crippen LogP contribution < -0.4 is 5.32 Å². The van der Waals surface area contributed by atoms with E-state index in [4.69, 9.17) is 0 Å². The molecule has 1 aliphatic rings. The highest BCUT2D eigenvalue weighted by Gasteiger charge is 2.26. The second kappa shape index (κ2) is 8.74. The van der Waals surface area contributed by atoms with Gasteiger partial charge in [0.05, 0.1) is 12.6 Å². The van der Waals surface area contributed by atoms with Crippen molar-refractivity contribution < 1.29 is 9.59 Å². The standard InChI is InChI=1S/C23H31N3O2/c1-16-14-21(18(3)26(16)17(2)19-8-6-5-7-9-19)22(27)15-25-12-10-20(11-13-25)23(28)24-4/h5-9,14,17,20H,10-13,15H2,1-4H3,(H,24,28). The summed E-state index contributed by atoms with van der Waals surface area (Å²) >= 11 is 0. The maximum absolute atomic E-state index is 13.0. The predicted octanol–water partition coefficient (Wildman–Crippen LogP) is 3.35. The van der Waals surface area contributed by atoms with Crippen LogP contribution in [0.5, 0.6) is 0 Å². The van der Waals surface area contributed by atoms with Crippen molar-refractivity contribution in [2.75, 3.05) is 26.7 Å². The molecule has 0 aliphatic carbocycles. The summed E-state index contributed by atoms with van der Waals surface area (Å²) in [5, 5.41) is 2.73. The van der Waals surface area contributed by atoms with E-state index in [-0.39, 0.29) is 23.7 Å². The van der Waals surface area contributed by atoms with Crippen molar-refractivity contribution in [3.63, 3.8) is 0 Å². The minimum Gasteiger partial charge on any atom is -0.359 e. The molecule has 0 radical (unpaired) electrons. The molecule has 2 heterocycles. The number of ketones is 1. The summed E-state index contributed by atoms with van der Waals surface area (Å²) in [5.74, 6) is 0.357. The summed E-state index contributed by atoms with van der Waals surface area (Å²) in [5.41, 5.74) is 4.18. The van der Waals surface area contributed by atoms with Gasteiger partial charge in [-0.15, -0.1) is 0 Å². The Bertz CT molecular complexity index is 833. The maximum Gasteiger partial charge on any atom is 0.222 e. The molecule has 1 aliphatic heterocycles. The van der Waals surface area contributed by atoms with Crippen LogP contribution in [0.4, 0.5) is 0 Å². The summed E-state index contributed by atoms with van der Waals surface area (Å²) in [6.45, 7) is 8.29. The quantitative estimate of drug-likeness (QED) is 0.781. The molecule has 1 saturated heterocycles. The zero-order valence-electron chi connectivity index (χ0n) is 17.4. The fraction of sp³-hybridized carbons (Fsp3) is 0.478. The van der Waals surface area contributed by atoms with Gasteiger partial charge in [-0.25, -0.2) is 0 Å². The van der Waals surface area contributed by atoms with Crippen molar-refractivity contribution in [2.24, 2.45) is 5.92 Å². The van der Waals surface area contributed by atoms with Gasteiger partial charge in [0.25, 0.3) is 0 Å². The fourth-order valence-corrected chi connectivity index (χ4v) is 4.38. The number of aromatic nitrogens is 1. The number of amides is 1. The molecule has 1 unspecified atom stereocenters. The average Bonchev–Trinajstić information content (AvgIpc) is 3.02. The summed E-state index contributed by atoms with van der Waals surface area (Å²) in [7, 11) is 1.68. The van der Waals surface area contributed by atoms with Crippen LogP contribution >= 0.6 is 0 Å².